The Morgan fingerprint density at radius 1 is 0.941 bits per heavy atom. The molecule has 0 spiro atoms. The highest BCUT2D eigenvalue weighted by Gasteiger charge is 2.61. The van der Waals surface area contributed by atoms with E-state index < -0.39 is 41.5 Å². The van der Waals surface area contributed by atoms with Crippen LogP contribution in [-0.2, 0) is 9.59 Å². The first-order valence-electron chi connectivity index (χ1n) is 10.8. The van der Waals surface area contributed by atoms with Gasteiger partial charge in [-0.15, -0.1) is 0 Å². The minimum atomic E-state index is -1.14. The fourth-order valence-corrected chi connectivity index (χ4v) is 4.65. The lowest BCUT2D eigenvalue weighted by Gasteiger charge is -2.26. The second-order valence-electron chi connectivity index (χ2n) is 8.32. The molecule has 2 aliphatic rings. The number of imide groups is 1. The largest absolute Gasteiger partial charge is 0.495 e. The van der Waals surface area contributed by atoms with Gasteiger partial charge in [0, 0.05) is 11.1 Å². The van der Waals surface area contributed by atoms with Gasteiger partial charge in [-0.1, -0.05) is 48.0 Å². The number of hydrazine groups is 1. The van der Waals surface area contributed by atoms with Crippen molar-refractivity contribution < 1.29 is 23.5 Å². The quantitative estimate of drug-likeness (QED) is 0.605. The molecule has 0 radical (unpaired) electrons. The molecule has 0 unspecified atom stereocenters. The van der Waals surface area contributed by atoms with Crippen LogP contribution < -0.4 is 15.1 Å². The fourth-order valence-electron chi connectivity index (χ4n) is 4.65. The van der Waals surface area contributed by atoms with Crippen LogP contribution in [0.2, 0.25) is 0 Å². The Kier molecular flexibility index (Phi) is 5.37. The van der Waals surface area contributed by atoms with Crippen molar-refractivity contribution in [2.45, 2.75) is 19.0 Å². The summed E-state index contributed by atoms with van der Waals surface area (Å²) in [6, 6.07) is 17.5. The van der Waals surface area contributed by atoms with Gasteiger partial charge in [-0.2, -0.15) is 0 Å². The van der Waals surface area contributed by atoms with E-state index in [-0.39, 0.29) is 11.3 Å². The summed E-state index contributed by atoms with van der Waals surface area (Å²) in [6.07, 6.45) is 0. The summed E-state index contributed by atoms with van der Waals surface area (Å²) in [7, 11) is 1.45. The number of methoxy groups -OCH3 is 1. The van der Waals surface area contributed by atoms with Gasteiger partial charge in [-0.3, -0.25) is 19.4 Å². The van der Waals surface area contributed by atoms with E-state index in [1.807, 2.05) is 6.92 Å². The van der Waals surface area contributed by atoms with Gasteiger partial charge in [0.25, 0.3) is 11.8 Å². The van der Waals surface area contributed by atoms with Gasteiger partial charge in [0.1, 0.15) is 17.6 Å². The van der Waals surface area contributed by atoms with Crippen molar-refractivity contribution in [3.8, 4) is 5.75 Å². The fraction of sp³-hybridized carbons (Fsp3) is 0.192. The van der Waals surface area contributed by atoms with Gasteiger partial charge in [0.05, 0.1) is 24.8 Å². The van der Waals surface area contributed by atoms with Crippen molar-refractivity contribution in [2.75, 3.05) is 12.0 Å². The number of carbonyl (C=O) groups is 3. The van der Waals surface area contributed by atoms with E-state index in [1.54, 1.807) is 66.7 Å². The van der Waals surface area contributed by atoms with Crippen LogP contribution in [-0.4, -0.2) is 35.9 Å². The average molecular weight is 459 g/mol. The molecule has 0 saturated carbocycles. The van der Waals surface area contributed by atoms with Crippen molar-refractivity contribution in [1.29, 1.82) is 0 Å². The first-order chi connectivity index (χ1) is 16.4. The number of fused-ring (bicyclic) bond motifs is 1. The van der Waals surface area contributed by atoms with Crippen molar-refractivity contribution in [3.05, 3.63) is 95.3 Å². The third kappa shape index (κ3) is 3.34. The summed E-state index contributed by atoms with van der Waals surface area (Å²) >= 11 is 0. The normalized spacial score (nSPS) is 21.7. The smallest absolute Gasteiger partial charge is 0.268 e. The molecule has 0 aromatic heterocycles. The highest BCUT2D eigenvalue weighted by molar-refractivity contribution is 6.25. The summed E-state index contributed by atoms with van der Waals surface area (Å²) in [5.41, 5.74) is 4.78. The van der Waals surface area contributed by atoms with Gasteiger partial charge in [0.2, 0.25) is 5.91 Å². The summed E-state index contributed by atoms with van der Waals surface area (Å²) in [5.74, 6) is -2.78. The molecule has 7 nitrogen and oxygen atoms in total. The Labute approximate surface area is 195 Å². The number of halogens is 1. The third-order valence-corrected chi connectivity index (χ3v) is 6.32. The Bertz CT molecular complexity index is 1290. The number of para-hydroxylation sites is 2. The SMILES string of the molecule is COc1ccccc1N1C(=O)[C@@H]2[C@H](c3ccccc3F)NN(C(=O)c3ccc(C)cc3)[C@H]2C1=O. The van der Waals surface area contributed by atoms with Gasteiger partial charge in [-0.25, -0.2) is 14.7 Å². The third-order valence-electron chi connectivity index (χ3n) is 6.32. The standard InChI is InChI=1S/C26H22FN3O4/c1-15-11-13-16(14-12-15)24(31)30-23-21(22(28-30)17-7-3-4-8-18(17)27)25(32)29(26(23)33)19-9-5-6-10-20(19)34-2/h3-14,21-23,28H,1-2H3/t21-,22+,23-/m1/s1. The Morgan fingerprint density at radius 3 is 2.32 bits per heavy atom. The molecule has 34 heavy (non-hydrogen) atoms. The number of nitrogens with zero attached hydrogens (tertiary/aromatic N) is 2. The average Bonchev–Trinajstić information content (AvgIpc) is 3.36. The number of aryl methyl sites for hydroxylation is 1. The predicted molar refractivity (Wildman–Crippen MR) is 122 cm³/mol. The molecule has 172 valence electrons. The monoisotopic (exact) mass is 459 g/mol. The molecule has 2 fully saturated rings. The number of ether oxygens (including phenoxy) is 1. The highest BCUT2D eigenvalue weighted by atomic mass is 19.1. The molecule has 1 N–H and O–H groups in total. The molecular weight excluding hydrogens is 437 g/mol. The zero-order valence-electron chi connectivity index (χ0n) is 18.6. The number of rotatable bonds is 4. The Balaban J connectivity index is 1.61. The van der Waals surface area contributed by atoms with E-state index in [9.17, 15) is 18.8 Å². The molecular formula is C26H22FN3O4. The number of nitrogens with one attached hydrogen (secondary N) is 1. The number of carbonyl (C=O) groups excluding carboxylic acids is 3. The molecule has 8 heteroatoms. The van der Waals surface area contributed by atoms with Crippen LogP contribution in [0.4, 0.5) is 10.1 Å². The molecule has 3 aromatic carbocycles. The van der Waals surface area contributed by atoms with Crippen LogP contribution in [0.25, 0.3) is 0 Å². The van der Waals surface area contributed by atoms with E-state index >= 15 is 0 Å². The van der Waals surface area contributed by atoms with E-state index in [2.05, 4.69) is 5.43 Å². The van der Waals surface area contributed by atoms with E-state index in [1.165, 1.54) is 18.2 Å². The highest BCUT2D eigenvalue weighted by Crippen LogP contribution is 2.44. The topological polar surface area (TPSA) is 79.0 Å². The van der Waals surface area contributed by atoms with Gasteiger partial charge in [-0.05, 0) is 37.3 Å². The molecule has 0 bridgehead atoms. The van der Waals surface area contributed by atoms with Crippen molar-refractivity contribution >= 4 is 23.4 Å². The molecule has 3 amide bonds. The second kappa shape index (κ2) is 8.39. The summed E-state index contributed by atoms with van der Waals surface area (Å²) in [4.78, 5) is 41.8. The van der Waals surface area contributed by atoms with Crippen molar-refractivity contribution in [3.63, 3.8) is 0 Å². The van der Waals surface area contributed by atoms with Crippen molar-refractivity contribution in [2.24, 2.45) is 5.92 Å². The zero-order valence-corrected chi connectivity index (χ0v) is 18.6. The molecule has 2 heterocycles. The lowest BCUT2D eigenvalue weighted by atomic mass is 9.90. The Morgan fingerprint density at radius 2 is 1.62 bits per heavy atom. The maximum Gasteiger partial charge on any atom is 0.268 e. The maximum absolute atomic E-state index is 14.8. The molecule has 5 rings (SSSR count). The minimum absolute atomic E-state index is 0.208. The van der Waals surface area contributed by atoms with Crippen molar-refractivity contribution in [1.82, 2.24) is 10.4 Å². The molecule has 0 aliphatic carbocycles. The first kappa shape index (κ1) is 21.8. The van der Waals surface area contributed by atoms with Gasteiger partial charge >= 0.3 is 0 Å². The summed E-state index contributed by atoms with van der Waals surface area (Å²) in [6.45, 7) is 1.90. The van der Waals surface area contributed by atoms with E-state index in [4.69, 9.17) is 4.74 Å². The van der Waals surface area contributed by atoms with Crippen LogP contribution >= 0.6 is 0 Å². The number of benzene rings is 3. The maximum atomic E-state index is 14.8. The van der Waals surface area contributed by atoms with Crippen LogP contribution in [0.3, 0.4) is 0 Å². The number of hydrogen-bond acceptors (Lipinski definition) is 5. The number of amides is 3. The number of hydrogen-bond donors (Lipinski definition) is 1. The molecule has 3 atom stereocenters. The number of anilines is 1. The lowest BCUT2D eigenvalue weighted by Crippen LogP contribution is -2.48. The van der Waals surface area contributed by atoms with Gasteiger partial charge in [0.15, 0.2) is 0 Å². The van der Waals surface area contributed by atoms with Crippen LogP contribution in [0, 0.1) is 18.7 Å². The van der Waals surface area contributed by atoms with E-state index in [0.29, 0.717) is 11.3 Å². The van der Waals surface area contributed by atoms with Gasteiger partial charge < -0.3 is 4.74 Å². The second-order valence-corrected chi connectivity index (χ2v) is 8.32. The first-order valence-corrected chi connectivity index (χ1v) is 10.8. The van der Waals surface area contributed by atoms with E-state index in [0.717, 1.165) is 10.5 Å². The molecule has 2 aliphatic heterocycles. The minimum Gasteiger partial charge on any atom is -0.495 e. The zero-order chi connectivity index (χ0) is 24.0. The van der Waals surface area contributed by atoms with Crippen LogP contribution in [0.1, 0.15) is 27.5 Å². The van der Waals surface area contributed by atoms with Crippen LogP contribution in [0.15, 0.2) is 72.8 Å². The predicted octanol–water partition coefficient (Wildman–Crippen LogP) is 3.40. The lowest BCUT2D eigenvalue weighted by molar-refractivity contribution is -0.123. The Hall–Kier alpha value is -4.04. The summed E-state index contributed by atoms with van der Waals surface area (Å²) in [5, 5.41) is 1.17. The molecule has 2 saturated heterocycles. The summed E-state index contributed by atoms with van der Waals surface area (Å²) < 4.78 is 20.1. The molecule has 3 aromatic rings. The van der Waals surface area contributed by atoms with Crippen LogP contribution in [0.5, 0.6) is 5.75 Å².